The SMILES string of the molecule is CC(ON=C(N)c1cccc(CN2CCOCC2)c1)C(=O)Nc1ccc(C(C)(C)C)cc1. The van der Waals surface area contributed by atoms with Crippen LogP contribution in [-0.4, -0.2) is 49.0 Å². The lowest BCUT2D eigenvalue weighted by atomic mass is 9.87. The van der Waals surface area contributed by atoms with Gasteiger partial charge in [0, 0.05) is 30.9 Å². The Labute approximate surface area is 190 Å². The molecule has 7 nitrogen and oxygen atoms in total. The highest BCUT2D eigenvalue weighted by Crippen LogP contribution is 2.23. The Kier molecular flexibility index (Phi) is 7.88. The van der Waals surface area contributed by atoms with Gasteiger partial charge >= 0.3 is 0 Å². The van der Waals surface area contributed by atoms with Crippen molar-refractivity contribution in [2.75, 3.05) is 31.6 Å². The molecule has 0 aromatic heterocycles. The van der Waals surface area contributed by atoms with Crippen LogP contribution < -0.4 is 11.1 Å². The average Bonchev–Trinajstić information content (AvgIpc) is 2.78. The van der Waals surface area contributed by atoms with Crippen LogP contribution in [0.3, 0.4) is 0 Å². The molecule has 1 aliphatic rings. The van der Waals surface area contributed by atoms with Crippen LogP contribution in [-0.2, 0) is 26.3 Å². The molecule has 1 amide bonds. The summed E-state index contributed by atoms with van der Waals surface area (Å²) >= 11 is 0. The van der Waals surface area contributed by atoms with Crippen LogP contribution >= 0.6 is 0 Å². The Bertz CT molecular complexity index is 929. The van der Waals surface area contributed by atoms with Crippen molar-refractivity contribution < 1.29 is 14.4 Å². The van der Waals surface area contributed by atoms with E-state index in [2.05, 4.69) is 42.2 Å². The molecule has 0 aliphatic carbocycles. The van der Waals surface area contributed by atoms with Gasteiger partial charge in [-0.1, -0.05) is 56.3 Å². The lowest BCUT2D eigenvalue weighted by Gasteiger charge is -2.26. The van der Waals surface area contributed by atoms with Gasteiger partial charge in [-0.2, -0.15) is 0 Å². The molecule has 0 saturated carbocycles. The number of rotatable bonds is 7. The van der Waals surface area contributed by atoms with Crippen LogP contribution in [0.15, 0.2) is 53.7 Å². The molecule has 0 bridgehead atoms. The van der Waals surface area contributed by atoms with Gasteiger partial charge in [-0.05, 0) is 41.7 Å². The topological polar surface area (TPSA) is 89.2 Å². The fourth-order valence-electron chi connectivity index (χ4n) is 3.38. The Morgan fingerprint density at radius 1 is 1.19 bits per heavy atom. The number of carbonyl (C=O) groups is 1. The summed E-state index contributed by atoms with van der Waals surface area (Å²) in [6.45, 7) is 12.3. The Balaban J connectivity index is 1.55. The summed E-state index contributed by atoms with van der Waals surface area (Å²) in [5.41, 5.74) is 10.0. The third-order valence-electron chi connectivity index (χ3n) is 5.43. The number of oxime groups is 1. The predicted molar refractivity (Wildman–Crippen MR) is 128 cm³/mol. The first-order chi connectivity index (χ1) is 15.2. The normalized spacial score (nSPS) is 16.4. The number of amides is 1. The first kappa shape index (κ1) is 23.8. The largest absolute Gasteiger partial charge is 0.381 e. The fraction of sp³-hybridized carbons (Fsp3) is 0.440. The van der Waals surface area contributed by atoms with Crippen LogP contribution in [0.1, 0.15) is 44.4 Å². The van der Waals surface area contributed by atoms with Crippen LogP contribution in [0.4, 0.5) is 5.69 Å². The monoisotopic (exact) mass is 438 g/mol. The highest BCUT2D eigenvalue weighted by Gasteiger charge is 2.17. The van der Waals surface area contributed by atoms with E-state index in [9.17, 15) is 4.79 Å². The second-order valence-corrected chi connectivity index (χ2v) is 9.13. The second kappa shape index (κ2) is 10.6. The molecule has 1 unspecified atom stereocenters. The van der Waals surface area contributed by atoms with E-state index in [0.717, 1.165) is 44.0 Å². The summed E-state index contributed by atoms with van der Waals surface area (Å²) < 4.78 is 5.40. The number of anilines is 1. The summed E-state index contributed by atoms with van der Waals surface area (Å²) in [6.07, 6.45) is -0.785. The maximum Gasteiger partial charge on any atom is 0.267 e. The summed E-state index contributed by atoms with van der Waals surface area (Å²) in [6, 6.07) is 15.7. The highest BCUT2D eigenvalue weighted by molar-refractivity contribution is 5.97. The summed E-state index contributed by atoms with van der Waals surface area (Å²) in [5.74, 6) is -0.0471. The van der Waals surface area contributed by atoms with Gasteiger partial charge in [-0.3, -0.25) is 9.69 Å². The van der Waals surface area contributed by atoms with Crippen molar-refractivity contribution in [2.24, 2.45) is 10.9 Å². The van der Waals surface area contributed by atoms with Crippen LogP contribution in [0, 0.1) is 0 Å². The number of nitrogens with one attached hydrogen (secondary N) is 1. The van der Waals surface area contributed by atoms with E-state index in [1.54, 1.807) is 6.92 Å². The molecule has 1 fully saturated rings. The van der Waals surface area contributed by atoms with E-state index in [1.807, 2.05) is 42.5 Å². The molecule has 1 aliphatic heterocycles. The summed E-state index contributed by atoms with van der Waals surface area (Å²) in [4.78, 5) is 20.2. The van der Waals surface area contributed by atoms with Crippen molar-refractivity contribution >= 4 is 17.4 Å². The third-order valence-corrected chi connectivity index (χ3v) is 5.43. The smallest absolute Gasteiger partial charge is 0.267 e. The molecular formula is C25H34N4O3. The molecule has 172 valence electrons. The number of benzene rings is 2. The van der Waals surface area contributed by atoms with Gasteiger partial charge in [0.05, 0.1) is 13.2 Å². The molecular weight excluding hydrogens is 404 g/mol. The minimum atomic E-state index is -0.785. The van der Waals surface area contributed by atoms with Crippen LogP contribution in [0.2, 0.25) is 0 Å². The van der Waals surface area contributed by atoms with Crippen molar-refractivity contribution in [2.45, 2.75) is 45.8 Å². The number of ether oxygens (including phenoxy) is 1. The van der Waals surface area contributed by atoms with E-state index in [4.69, 9.17) is 15.3 Å². The number of hydrogen-bond donors (Lipinski definition) is 2. The molecule has 2 aromatic rings. The van der Waals surface area contributed by atoms with Crippen molar-refractivity contribution in [3.8, 4) is 0 Å². The molecule has 1 heterocycles. The first-order valence-electron chi connectivity index (χ1n) is 11.0. The molecule has 7 heteroatoms. The third kappa shape index (κ3) is 6.80. The summed E-state index contributed by atoms with van der Waals surface area (Å²) in [5, 5.41) is 6.84. The average molecular weight is 439 g/mol. The minimum Gasteiger partial charge on any atom is -0.381 e. The van der Waals surface area contributed by atoms with Gasteiger partial charge < -0.3 is 20.6 Å². The van der Waals surface area contributed by atoms with Gasteiger partial charge in [0.1, 0.15) is 0 Å². The highest BCUT2D eigenvalue weighted by atomic mass is 16.6. The van der Waals surface area contributed by atoms with E-state index >= 15 is 0 Å². The van der Waals surface area contributed by atoms with Crippen molar-refractivity contribution in [3.63, 3.8) is 0 Å². The van der Waals surface area contributed by atoms with E-state index in [0.29, 0.717) is 5.69 Å². The zero-order valence-corrected chi connectivity index (χ0v) is 19.4. The molecule has 1 saturated heterocycles. The fourth-order valence-corrected chi connectivity index (χ4v) is 3.38. The lowest BCUT2D eigenvalue weighted by molar-refractivity contribution is -0.126. The minimum absolute atomic E-state index is 0.0602. The number of hydrogen-bond acceptors (Lipinski definition) is 5. The lowest BCUT2D eigenvalue weighted by Crippen LogP contribution is -2.35. The van der Waals surface area contributed by atoms with Gasteiger partial charge in [0.25, 0.3) is 5.91 Å². The zero-order chi connectivity index (χ0) is 23.1. The van der Waals surface area contributed by atoms with Crippen molar-refractivity contribution in [1.29, 1.82) is 0 Å². The van der Waals surface area contributed by atoms with Gasteiger partial charge in [0.15, 0.2) is 5.84 Å². The van der Waals surface area contributed by atoms with Crippen molar-refractivity contribution in [3.05, 3.63) is 65.2 Å². The molecule has 0 spiro atoms. The molecule has 2 aromatic carbocycles. The number of morpholine rings is 1. The Morgan fingerprint density at radius 2 is 1.88 bits per heavy atom. The number of nitrogens with two attached hydrogens (primary N) is 1. The van der Waals surface area contributed by atoms with Crippen LogP contribution in [0.5, 0.6) is 0 Å². The van der Waals surface area contributed by atoms with Gasteiger partial charge in [0.2, 0.25) is 6.10 Å². The standard InChI is InChI=1S/C25H34N4O3/c1-18(24(30)27-22-10-8-21(9-11-22)25(2,3)4)32-28-23(26)20-7-5-6-19(16-20)17-29-12-14-31-15-13-29/h5-11,16,18H,12-15,17H2,1-4H3,(H2,26,28)(H,27,30). The van der Waals surface area contributed by atoms with Crippen LogP contribution in [0.25, 0.3) is 0 Å². The van der Waals surface area contributed by atoms with E-state index < -0.39 is 6.10 Å². The number of carbonyl (C=O) groups excluding carboxylic acids is 1. The van der Waals surface area contributed by atoms with E-state index in [1.165, 1.54) is 5.56 Å². The number of amidine groups is 1. The molecule has 32 heavy (non-hydrogen) atoms. The maximum absolute atomic E-state index is 12.5. The first-order valence-corrected chi connectivity index (χ1v) is 11.0. The molecule has 3 rings (SSSR count). The zero-order valence-electron chi connectivity index (χ0n) is 19.4. The van der Waals surface area contributed by atoms with Gasteiger partial charge in [-0.15, -0.1) is 0 Å². The maximum atomic E-state index is 12.5. The molecule has 1 atom stereocenters. The van der Waals surface area contributed by atoms with Gasteiger partial charge in [-0.25, -0.2) is 0 Å². The second-order valence-electron chi connectivity index (χ2n) is 9.13. The Morgan fingerprint density at radius 3 is 2.53 bits per heavy atom. The van der Waals surface area contributed by atoms with Crippen molar-refractivity contribution in [1.82, 2.24) is 4.90 Å². The molecule has 3 N–H and O–H groups in total. The Hall–Kier alpha value is -2.90. The predicted octanol–water partition coefficient (Wildman–Crippen LogP) is 3.48. The quantitative estimate of drug-likeness (QED) is 0.392. The number of nitrogens with zero attached hydrogens (tertiary/aromatic N) is 2. The van der Waals surface area contributed by atoms with E-state index in [-0.39, 0.29) is 17.2 Å². The summed E-state index contributed by atoms with van der Waals surface area (Å²) in [7, 11) is 0. The molecule has 0 radical (unpaired) electrons.